The first-order chi connectivity index (χ1) is 8.95. The highest BCUT2D eigenvalue weighted by atomic mass is 16.5. The van der Waals surface area contributed by atoms with Crippen LogP contribution < -0.4 is 10.1 Å². The predicted molar refractivity (Wildman–Crippen MR) is 75.2 cm³/mol. The normalized spacial score (nSPS) is 13.7. The van der Waals surface area contributed by atoms with E-state index in [-0.39, 0.29) is 5.91 Å². The van der Waals surface area contributed by atoms with Crippen LogP contribution in [0, 0.1) is 6.92 Å². The van der Waals surface area contributed by atoms with E-state index in [4.69, 9.17) is 4.74 Å². The first kappa shape index (κ1) is 15.5. The molecular weight excluding hydrogens is 242 g/mol. The van der Waals surface area contributed by atoms with Gasteiger partial charge in [-0.1, -0.05) is 19.1 Å². The Morgan fingerprint density at radius 2 is 2.11 bits per heavy atom. The molecule has 0 fully saturated rings. The number of rotatable bonds is 6. The van der Waals surface area contributed by atoms with Crippen LogP contribution in [0.15, 0.2) is 18.2 Å². The summed E-state index contributed by atoms with van der Waals surface area (Å²) in [5, 5.41) is 12.5. The van der Waals surface area contributed by atoms with Crippen molar-refractivity contribution in [3.8, 4) is 5.75 Å². The summed E-state index contributed by atoms with van der Waals surface area (Å²) in [6.07, 6.45) is -0.311. The number of hydrogen-bond donors (Lipinski definition) is 2. The zero-order chi connectivity index (χ0) is 14.4. The third-order valence-corrected chi connectivity index (χ3v) is 2.84. The lowest BCUT2D eigenvalue weighted by molar-refractivity contribution is -0.127. The van der Waals surface area contributed by atoms with Gasteiger partial charge in [-0.25, -0.2) is 0 Å². The second-order valence-corrected chi connectivity index (χ2v) is 4.77. The zero-order valence-electron chi connectivity index (χ0n) is 12.1. The smallest absolute Gasteiger partial charge is 0.260 e. The van der Waals surface area contributed by atoms with E-state index >= 15 is 0 Å². The summed E-state index contributed by atoms with van der Waals surface area (Å²) in [6.45, 7) is 7.97. The Kier molecular flexibility index (Phi) is 5.83. The fraction of sp³-hybridized carbons (Fsp3) is 0.533. The van der Waals surface area contributed by atoms with Crippen LogP contribution in [0.4, 0.5) is 0 Å². The summed E-state index contributed by atoms with van der Waals surface area (Å²) in [5.74, 6) is 0.425. The van der Waals surface area contributed by atoms with E-state index in [1.807, 2.05) is 32.0 Å². The van der Waals surface area contributed by atoms with Crippen molar-refractivity contribution in [2.24, 2.45) is 0 Å². The molecule has 0 aliphatic carbocycles. The molecule has 4 nitrogen and oxygen atoms in total. The largest absolute Gasteiger partial charge is 0.481 e. The SMILES string of the molecule is CCCNC(=O)C(C)Oc1cc(C)ccc1[C@H](C)O. The van der Waals surface area contributed by atoms with Crippen LogP contribution in [-0.2, 0) is 4.79 Å². The van der Waals surface area contributed by atoms with E-state index in [1.165, 1.54) is 0 Å². The van der Waals surface area contributed by atoms with Crippen molar-refractivity contribution in [3.05, 3.63) is 29.3 Å². The van der Waals surface area contributed by atoms with E-state index in [0.29, 0.717) is 17.9 Å². The number of ether oxygens (including phenoxy) is 1. The molecule has 0 aromatic heterocycles. The van der Waals surface area contributed by atoms with Gasteiger partial charge in [0, 0.05) is 12.1 Å². The van der Waals surface area contributed by atoms with Crippen molar-refractivity contribution >= 4 is 5.91 Å². The molecule has 0 bridgehead atoms. The Morgan fingerprint density at radius 3 is 2.68 bits per heavy atom. The van der Waals surface area contributed by atoms with Crippen LogP contribution in [0.1, 0.15) is 44.4 Å². The van der Waals surface area contributed by atoms with Gasteiger partial charge >= 0.3 is 0 Å². The van der Waals surface area contributed by atoms with Crippen molar-refractivity contribution in [1.82, 2.24) is 5.32 Å². The molecule has 0 aliphatic heterocycles. The quantitative estimate of drug-likeness (QED) is 0.830. The zero-order valence-corrected chi connectivity index (χ0v) is 12.1. The number of aliphatic hydroxyl groups is 1. The number of amides is 1. The Hall–Kier alpha value is -1.55. The summed E-state index contributed by atoms with van der Waals surface area (Å²) in [4.78, 5) is 11.8. The summed E-state index contributed by atoms with van der Waals surface area (Å²) in [7, 11) is 0. The molecule has 1 rings (SSSR count). The number of nitrogens with one attached hydrogen (secondary N) is 1. The minimum atomic E-state index is -0.624. The molecule has 1 aromatic rings. The van der Waals surface area contributed by atoms with E-state index in [2.05, 4.69) is 5.32 Å². The van der Waals surface area contributed by atoms with E-state index in [1.54, 1.807) is 13.8 Å². The summed E-state index contributed by atoms with van der Waals surface area (Å²) < 4.78 is 5.67. The molecule has 0 spiro atoms. The highest BCUT2D eigenvalue weighted by Crippen LogP contribution is 2.27. The van der Waals surface area contributed by atoms with Crippen LogP contribution in [0.3, 0.4) is 0 Å². The molecule has 0 aliphatic rings. The molecule has 19 heavy (non-hydrogen) atoms. The van der Waals surface area contributed by atoms with E-state index in [9.17, 15) is 9.90 Å². The fourth-order valence-electron chi connectivity index (χ4n) is 1.72. The molecule has 0 heterocycles. The number of aliphatic hydroxyl groups excluding tert-OH is 1. The van der Waals surface area contributed by atoms with Crippen molar-refractivity contribution in [3.63, 3.8) is 0 Å². The van der Waals surface area contributed by atoms with Crippen molar-refractivity contribution in [2.45, 2.75) is 46.3 Å². The highest BCUT2D eigenvalue weighted by molar-refractivity contribution is 5.80. The lowest BCUT2D eigenvalue weighted by Crippen LogP contribution is -2.36. The van der Waals surface area contributed by atoms with E-state index in [0.717, 1.165) is 12.0 Å². The maximum atomic E-state index is 11.8. The molecule has 0 saturated carbocycles. The van der Waals surface area contributed by atoms with Gasteiger partial charge in [-0.2, -0.15) is 0 Å². The van der Waals surface area contributed by atoms with Crippen LogP contribution >= 0.6 is 0 Å². The molecule has 0 radical (unpaired) electrons. The van der Waals surface area contributed by atoms with Gasteiger partial charge in [-0.3, -0.25) is 4.79 Å². The van der Waals surface area contributed by atoms with Crippen molar-refractivity contribution < 1.29 is 14.6 Å². The fourth-order valence-corrected chi connectivity index (χ4v) is 1.72. The third kappa shape index (κ3) is 4.56. The highest BCUT2D eigenvalue weighted by Gasteiger charge is 2.17. The molecule has 106 valence electrons. The average Bonchev–Trinajstić information content (AvgIpc) is 2.35. The topological polar surface area (TPSA) is 58.6 Å². The summed E-state index contributed by atoms with van der Waals surface area (Å²) in [6, 6.07) is 5.58. The Morgan fingerprint density at radius 1 is 1.42 bits per heavy atom. The van der Waals surface area contributed by atoms with Crippen LogP contribution in [0.5, 0.6) is 5.75 Å². The molecular formula is C15H23NO3. The van der Waals surface area contributed by atoms with Gasteiger partial charge in [-0.05, 0) is 38.8 Å². The number of carbonyl (C=O) groups excluding carboxylic acids is 1. The van der Waals surface area contributed by atoms with Gasteiger partial charge in [0.1, 0.15) is 5.75 Å². The van der Waals surface area contributed by atoms with Crippen molar-refractivity contribution in [2.75, 3.05) is 6.54 Å². The standard InChI is InChI=1S/C15H23NO3/c1-5-8-16-15(18)12(4)19-14-9-10(2)6-7-13(14)11(3)17/h6-7,9,11-12,17H,5,8H2,1-4H3,(H,16,18)/t11-,12?/m0/s1. The van der Waals surface area contributed by atoms with E-state index < -0.39 is 12.2 Å². The third-order valence-electron chi connectivity index (χ3n) is 2.84. The minimum Gasteiger partial charge on any atom is -0.481 e. The monoisotopic (exact) mass is 265 g/mol. The number of aryl methyl sites for hydroxylation is 1. The minimum absolute atomic E-state index is 0.139. The average molecular weight is 265 g/mol. The molecule has 1 aromatic carbocycles. The number of benzene rings is 1. The Balaban J connectivity index is 2.80. The van der Waals surface area contributed by atoms with Crippen LogP contribution in [-0.4, -0.2) is 23.7 Å². The first-order valence-electron chi connectivity index (χ1n) is 6.68. The second-order valence-electron chi connectivity index (χ2n) is 4.77. The van der Waals surface area contributed by atoms with Crippen LogP contribution in [0.25, 0.3) is 0 Å². The summed E-state index contributed by atoms with van der Waals surface area (Å²) >= 11 is 0. The molecule has 2 N–H and O–H groups in total. The molecule has 4 heteroatoms. The maximum Gasteiger partial charge on any atom is 0.260 e. The first-order valence-corrected chi connectivity index (χ1v) is 6.68. The predicted octanol–water partition coefficient (Wildman–Crippen LogP) is 2.34. The van der Waals surface area contributed by atoms with Crippen LogP contribution in [0.2, 0.25) is 0 Å². The lowest BCUT2D eigenvalue weighted by Gasteiger charge is -2.18. The van der Waals surface area contributed by atoms with Gasteiger partial charge in [0.15, 0.2) is 6.10 Å². The number of carbonyl (C=O) groups is 1. The van der Waals surface area contributed by atoms with Gasteiger partial charge in [0.2, 0.25) is 0 Å². The maximum absolute atomic E-state index is 11.8. The van der Waals surface area contributed by atoms with Gasteiger partial charge in [0.05, 0.1) is 6.10 Å². The summed E-state index contributed by atoms with van der Waals surface area (Å²) in [5.41, 5.74) is 1.72. The molecule has 0 saturated heterocycles. The lowest BCUT2D eigenvalue weighted by atomic mass is 10.1. The Bertz CT molecular complexity index is 429. The molecule has 1 amide bonds. The van der Waals surface area contributed by atoms with Gasteiger partial charge in [-0.15, -0.1) is 0 Å². The molecule has 1 unspecified atom stereocenters. The van der Waals surface area contributed by atoms with Gasteiger partial charge in [0.25, 0.3) is 5.91 Å². The second kappa shape index (κ2) is 7.14. The van der Waals surface area contributed by atoms with Gasteiger partial charge < -0.3 is 15.2 Å². The van der Waals surface area contributed by atoms with Crippen molar-refractivity contribution in [1.29, 1.82) is 0 Å². The Labute approximate surface area is 114 Å². The molecule has 2 atom stereocenters. The number of hydrogen-bond acceptors (Lipinski definition) is 3.